The first-order chi connectivity index (χ1) is 10.6. The molecule has 0 saturated heterocycles. The molecule has 0 fully saturated rings. The van der Waals surface area contributed by atoms with Gasteiger partial charge in [0.25, 0.3) is 5.56 Å². The average molecular weight is 316 g/mol. The number of aryl methyl sites for hydroxylation is 1. The van der Waals surface area contributed by atoms with Gasteiger partial charge in [-0.3, -0.25) is 4.79 Å². The fourth-order valence-electron chi connectivity index (χ4n) is 2.16. The number of thioether (sulfide) groups is 1. The Hall–Kier alpha value is -2.22. The third-order valence-corrected chi connectivity index (χ3v) is 4.22. The van der Waals surface area contributed by atoms with Crippen LogP contribution in [0.2, 0.25) is 0 Å². The molecule has 22 heavy (non-hydrogen) atoms. The summed E-state index contributed by atoms with van der Waals surface area (Å²) in [6.45, 7) is 5.98. The van der Waals surface area contributed by atoms with E-state index in [2.05, 4.69) is 25.5 Å². The van der Waals surface area contributed by atoms with Gasteiger partial charge in [0.15, 0.2) is 0 Å². The molecular weight excluding hydrogens is 300 g/mol. The number of H-pyrrole nitrogens is 1. The van der Waals surface area contributed by atoms with Crippen LogP contribution in [-0.2, 0) is 5.75 Å². The minimum atomic E-state index is -0.118. The topological polar surface area (TPSA) is 89.4 Å². The highest BCUT2D eigenvalue weighted by Crippen LogP contribution is 2.21. The lowest BCUT2D eigenvalue weighted by atomic mass is 10.1. The molecule has 0 bridgehead atoms. The van der Waals surface area contributed by atoms with E-state index >= 15 is 0 Å². The summed E-state index contributed by atoms with van der Waals surface area (Å²) in [7, 11) is 0. The van der Waals surface area contributed by atoms with Gasteiger partial charge in [0.2, 0.25) is 5.16 Å². The van der Waals surface area contributed by atoms with Crippen LogP contribution in [0.25, 0.3) is 10.9 Å². The Morgan fingerprint density at radius 1 is 1.36 bits per heavy atom. The summed E-state index contributed by atoms with van der Waals surface area (Å²) < 4.78 is 1.75. The first-order valence-corrected chi connectivity index (χ1v) is 7.94. The van der Waals surface area contributed by atoms with Crippen LogP contribution in [0, 0.1) is 6.92 Å². The SMILES string of the molecule is Cc1cccc2c(=O)[nH]c(CSc3nnnn3C(C)C)nc12. The maximum atomic E-state index is 12.1. The highest BCUT2D eigenvalue weighted by atomic mass is 32.2. The Balaban J connectivity index is 1.90. The Kier molecular flexibility index (Phi) is 3.93. The Bertz CT molecular complexity index is 869. The average Bonchev–Trinajstić information content (AvgIpc) is 2.95. The number of aromatic amines is 1. The van der Waals surface area contributed by atoms with Gasteiger partial charge >= 0.3 is 0 Å². The number of nitrogens with zero attached hydrogens (tertiary/aromatic N) is 5. The molecule has 1 N–H and O–H groups in total. The van der Waals surface area contributed by atoms with E-state index in [1.807, 2.05) is 32.9 Å². The smallest absolute Gasteiger partial charge is 0.258 e. The van der Waals surface area contributed by atoms with Crippen LogP contribution >= 0.6 is 11.8 Å². The van der Waals surface area contributed by atoms with E-state index < -0.39 is 0 Å². The highest BCUT2D eigenvalue weighted by molar-refractivity contribution is 7.98. The lowest BCUT2D eigenvalue weighted by Gasteiger charge is -2.07. The van der Waals surface area contributed by atoms with Gasteiger partial charge in [-0.1, -0.05) is 23.9 Å². The van der Waals surface area contributed by atoms with Crippen LogP contribution in [0.1, 0.15) is 31.3 Å². The molecule has 2 aromatic heterocycles. The summed E-state index contributed by atoms with van der Waals surface area (Å²) in [5.74, 6) is 1.13. The summed E-state index contributed by atoms with van der Waals surface area (Å²) in [5, 5.41) is 13.0. The van der Waals surface area contributed by atoms with Crippen molar-refractivity contribution in [2.45, 2.75) is 37.7 Å². The number of hydrogen-bond donors (Lipinski definition) is 1. The second-order valence-corrected chi connectivity index (χ2v) is 6.21. The molecule has 0 radical (unpaired) electrons. The molecule has 3 aromatic rings. The normalized spacial score (nSPS) is 11.5. The molecule has 1 aromatic carbocycles. The van der Waals surface area contributed by atoms with E-state index in [9.17, 15) is 4.79 Å². The fraction of sp³-hybridized carbons (Fsp3) is 0.357. The van der Waals surface area contributed by atoms with Gasteiger partial charge in [0.05, 0.1) is 22.7 Å². The maximum absolute atomic E-state index is 12.1. The molecule has 0 amide bonds. The number of hydrogen-bond acceptors (Lipinski definition) is 6. The molecule has 0 spiro atoms. The van der Waals surface area contributed by atoms with Crippen molar-refractivity contribution < 1.29 is 0 Å². The van der Waals surface area contributed by atoms with Crippen molar-refractivity contribution in [3.05, 3.63) is 39.9 Å². The minimum Gasteiger partial charge on any atom is -0.309 e. The van der Waals surface area contributed by atoms with Gasteiger partial charge < -0.3 is 4.98 Å². The molecule has 2 heterocycles. The molecular formula is C14H16N6OS. The molecule has 7 nitrogen and oxygen atoms in total. The standard InChI is InChI=1S/C14H16N6OS/c1-8(2)20-14(17-18-19-20)22-7-11-15-12-9(3)5-4-6-10(12)13(21)16-11/h4-6,8H,7H2,1-3H3,(H,15,16,21). The lowest BCUT2D eigenvalue weighted by molar-refractivity contribution is 0.477. The van der Waals surface area contributed by atoms with Gasteiger partial charge in [0, 0.05) is 0 Å². The maximum Gasteiger partial charge on any atom is 0.258 e. The summed E-state index contributed by atoms with van der Waals surface area (Å²) >= 11 is 1.45. The summed E-state index contributed by atoms with van der Waals surface area (Å²) in [4.78, 5) is 19.5. The fourth-order valence-corrected chi connectivity index (χ4v) is 3.03. The Labute approximate surface area is 131 Å². The molecule has 114 valence electrons. The zero-order valence-corrected chi connectivity index (χ0v) is 13.4. The lowest BCUT2D eigenvalue weighted by Crippen LogP contribution is -2.12. The second-order valence-electron chi connectivity index (χ2n) is 5.27. The van der Waals surface area contributed by atoms with Crippen molar-refractivity contribution in [1.82, 2.24) is 30.2 Å². The number of rotatable bonds is 4. The van der Waals surface area contributed by atoms with Crippen LogP contribution in [-0.4, -0.2) is 30.2 Å². The quantitative estimate of drug-likeness (QED) is 0.741. The van der Waals surface area contributed by atoms with Gasteiger partial charge in [-0.25, -0.2) is 9.67 Å². The molecule has 0 saturated carbocycles. The van der Waals surface area contributed by atoms with E-state index in [1.54, 1.807) is 10.7 Å². The molecule has 3 rings (SSSR count). The number of aromatic nitrogens is 6. The van der Waals surface area contributed by atoms with E-state index in [1.165, 1.54) is 11.8 Å². The third kappa shape index (κ3) is 2.74. The number of nitrogens with one attached hydrogen (secondary N) is 1. The van der Waals surface area contributed by atoms with Crippen LogP contribution in [0.4, 0.5) is 0 Å². The second kappa shape index (κ2) is 5.88. The number of tetrazole rings is 1. The molecule has 0 aliphatic rings. The van der Waals surface area contributed by atoms with Gasteiger partial charge in [0.1, 0.15) is 5.82 Å². The van der Waals surface area contributed by atoms with Crippen molar-refractivity contribution in [3.63, 3.8) is 0 Å². The number of benzene rings is 1. The largest absolute Gasteiger partial charge is 0.309 e. The monoisotopic (exact) mass is 316 g/mol. The van der Waals surface area contributed by atoms with Gasteiger partial charge in [-0.15, -0.1) is 5.10 Å². The van der Waals surface area contributed by atoms with Crippen LogP contribution in [0.3, 0.4) is 0 Å². The van der Waals surface area contributed by atoms with Crippen molar-refractivity contribution in [1.29, 1.82) is 0 Å². The highest BCUT2D eigenvalue weighted by Gasteiger charge is 2.12. The van der Waals surface area contributed by atoms with Crippen molar-refractivity contribution >= 4 is 22.7 Å². The zero-order valence-electron chi connectivity index (χ0n) is 12.6. The third-order valence-electron chi connectivity index (χ3n) is 3.28. The molecule has 0 atom stereocenters. The van der Waals surface area contributed by atoms with Crippen molar-refractivity contribution in [3.8, 4) is 0 Å². The van der Waals surface area contributed by atoms with E-state index in [4.69, 9.17) is 0 Å². The number of para-hydroxylation sites is 1. The van der Waals surface area contributed by atoms with E-state index in [0.717, 1.165) is 11.1 Å². The Morgan fingerprint density at radius 2 is 2.18 bits per heavy atom. The van der Waals surface area contributed by atoms with Crippen LogP contribution in [0.15, 0.2) is 28.2 Å². The predicted molar refractivity (Wildman–Crippen MR) is 84.9 cm³/mol. The first-order valence-electron chi connectivity index (χ1n) is 6.95. The van der Waals surface area contributed by atoms with E-state index in [-0.39, 0.29) is 11.6 Å². The summed E-state index contributed by atoms with van der Waals surface area (Å²) in [5.41, 5.74) is 1.61. The van der Waals surface area contributed by atoms with Crippen molar-refractivity contribution in [2.24, 2.45) is 0 Å². The van der Waals surface area contributed by atoms with Crippen LogP contribution in [0.5, 0.6) is 0 Å². The Morgan fingerprint density at radius 3 is 2.95 bits per heavy atom. The van der Waals surface area contributed by atoms with Crippen LogP contribution < -0.4 is 5.56 Å². The molecule has 0 aliphatic heterocycles. The summed E-state index contributed by atoms with van der Waals surface area (Å²) in [6, 6.07) is 5.78. The molecule has 0 aliphatic carbocycles. The van der Waals surface area contributed by atoms with Crippen molar-refractivity contribution in [2.75, 3.05) is 0 Å². The number of fused-ring (bicyclic) bond motifs is 1. The summed E-state index contributed by atoms with van der Waals surface area (Å²) in [6.07, 6.45) is 0. The van der Waals surface area contributed by atoms with Gasteiger partial charge in [-0.2, -0.15) is 0 Å². The zero-order chi connectivity index (χ0) is 15.7. The molecule has 0 unspecified atom stereocenters. The first kappa shape index (κ1) is 14.7. The van der Waals surface area contributed by atoms with E-state index in [0.29, 0.717) is 22.1 Å². The van der Waals surface area contributed by atoms with Gasteiger partial charge in [-0.05, 0) is 42.8 Å². The molecule has 8 heteroatoms. The predicted octanol–water partition coefficient (Wildman–Crippen LogP) is 2.09. The minimum absolute atomic E-state index is 0.118.